The highest BCUT2D eigenvalue weighted by Gasteiger charge is 2.38. The van der Waals surface area contributed by atoms with E-state index in [9.17, 15) is 4.79 Å². The average Bonchev–Trinajstić information content (AvgIpc) is 3.30. The molecule has 1 fully saturated rings. The Bertz CT molecular complexity index is 696. The van der Waals surface area contributed by atoms with Gasteiger partial charge in [-0.15, -0.1) is 5.10 Å². The lowest BCUT2D eigenvalue weighted by molar-refractivity contribution is 0.0775. The van der Waals surface area contributed by atoms with Crippen molar-refractivity contribution in [1.82, 2.24) is 29.8 Å². The van der Waals surface area contributed by atoms with E-state index in [0.717, 1.165) is 18.5 Å². The molecule has 0 bridgehead atoms. The molecular weight excluding hydrogens is 304 g/mol. The molecule has 2 aromatic heterocycles. The average molecular weight is 328 g/mol. The fourth-order valence-electron chi connectivity index (χ4n) is 3.99. The first-order chi connectivity index (χ1) is 11.6. The van der Waals surface area contributed by atoms with Gasteiger partial charge in [-0.25, -0.2) is 4.68 Å². The van der Waals surface area contributed by atoms with E-state index in [0.29, 0.717) is 13.1 Å². The van der Waals surface area contributed by atoms with Gasteiger partial charge in [0, 0.05) is 25.0 Å². The van der Waals surface area contributed by atoms with Crippen LogP contribution in [0.3, 0.4) is 0 Å². The minimum atomic E-state index is 0.0962. The van der Waals surface area contributed by atoms with Gasteiger partial charge in [-0.05, 0) is 51.4 Å². The Labute approximate surface area is 141 Å². The zero-order chi connectivity index (χ0) is 16.7. The molecule has 1 N–H and O–H groups in total. The summed E-state index contributed by atoms with van der Waals surface area (Å²) in [5.41, 5.74) is 3.31. The van der Waals surface area contributed by atoms with E-state index >= 15 is 0 Å². The predicted molar refractivity (Wildman–Crippen MR) is 89.9 cm³/mol. The van der Waals surface area contributed by atoms with Crippen LogP contribution in [0.15, 0.2) is 18.5 Å². The molecule has 1 aliphatic carbocycles. The molecule has 0 unspecified atom stereocenters. The van der Waals surface area contributed by atoms with Gasteiger partial charge in [0.25, 0.3) is 5.91 Å². The lowest BCUT2D eigenvalue weighted by Crippen LogP contribution is -2.37. The Morgan fingerprint density at radius 2 is 2.12 bits per heavy atom. The molecule has 4 rings (SSSR count). The van der Waals surface area contributed by atoms with Crippen LogP contribution in [0.5, 0.6) is 0 Å². The summed E-state index contributed by atoms with van der Waals surface area (Å²) in [5, 5.41) is 8.06. The fourth-order valence-corrected chi connectivity index (χ4v) is 3.99. The van der Waals surface area contributed by atoms with Crippen LogP contribution in [0.1, 0.15) is 40.6 Å². The maximum absolute atomic E-state index is 13.0. The Kier molecular flexibility index (Phi) is 3.88. The van der Waals surface area contributed by atoms with Gasteiger partial charge in [0.1, 0.15) is 5.69 Å². The molecule has 3 heterocycles. The third kappa shape index (κ3) is 2.62. The molecule has 0 aromatic carbocycles. The van der Waals surface area contributed by atoms with Crippen LogP contribution >= 0.6 is 0 Å². The van der Waals surface area contributed by atoms with Crippen LogP contribution in [-0.4, -0.2) is 68.9 Å². The minimum absolute atomic E-state index is 0.0962. The number of nitrogens with zero attached hydrogens (tertiary/aromatic N) is 5. The second-order valence-corrected chi connectivity index (χ2v) is 7.09. The Morgan fingerprint density at radius 3 is 2.83 bits per heavy atom. The number of hydrogen-bond donors (Lipinski definition) is 1. The van der Waals surface area contributed by atoms with Crippen LogP contribution in [0.2, 0.25) is 0 Å². The van der Waals surface area contributed by atoms with Gasteiger partial charge in [0.15, 0.2) is 0 Å². The van der Waals surface area contributed by atoms with Crippen molar-refractivity contribution in [3.8, 4) is 0 Å². The second-order valence-electron chi connectivity index (χ2n) is 7.09. The summed E-state index contributed by atoms with van der Waals surface area (Å²) < 4.78 is 1.87. The highest BCUT2D eigenvalue weighted by Crippen LogP contribution is 2.27. The van der Waals surface area contributed by atoms with Crippen LogP contribution in [0, 0.1) is 0 Å². The number of likely N-dealkylation sites (N-methyl/N-ethyl adjacent to an activating group) is 1. The van der Waals surface area contributed by atoms with Crippen LogP contribution < -0.4 is 0 Å². The van der Waals surface area contributed by atoms with Crippen molar-refractivity contribution in [2.45, 2.75) is 37.8 Å². The lowest BCUT2D eigenvalue weighted by atomic mass is 9.98. The number of aryl methyl sites for hydroxylation is 2. The molecule has 0 radical (unpaired) electrons. The number of nitrogens with one attached hydrogen (secondary N) is 1. The van der Waals surface area contributed by atoms with E-state index < -0.39 is 0 Å². The fraction of sp³-hybridized carbons (Fsp3) is 0.588. The number of aromatic amines is 1. The zero-order valence-corrected chi connectivity index (χ0v) is 14.3. The summed E-state index contributed by atoms with van der Waals surface area (Å²) in [6.07, 6.45) is 8.14. The summed E-state index contributed by atoms with van der Waals surface area (Å²) >= 11 is 0. The summed E-state index contributed by atoms with van der Waals surface area (Å²) in [6, 6.07) is 2.43. The predicted octanol–water partition coefficient (Wildman–Crippen LogP) is 1.11. The van der Waals surface area contributed by atoms with Gasteiger partial charge in [0.2, 0.25) is 0 Å². The molecule has 2 atom stereocenters. The van der Waals surface area contributed by atoms with Gasteiger partial charge in [-0.2, -0.15) is 0 Å². The first-order valence-corrected chi connectivity index (χ1v) is 8.66. The number of aromatic nitrogens is 4. The molecular formula is C17H24N6O. The van der Waals surface area contributed by atoms with Crippen molar-refractivity contribution >= 4 is 5.91 Å². The summed E-state index contributed by atoms with van der Waals surface area (Å²) in [6.45, 7) is 1.37. The Hall–Kier alpha value is -2.15. The molecule has 2 aromatic rings. The van der Waals surface area contributed by atoms with Crippen molar-refractivity contribution in [3.05, 3.63) is 35.4 Å². The topological polar surface area (TPSA) is 70.1 Å². The molecule has 0 spiro atoms. The normalized spacial score (nSPS) is 23.7. The van der Waals surface area contributed by atoms with Crippen LogP contribution in [-0.2, 0) is 12.8 Å². The van der Waals surface area contributed by atoms with E-state index in [4.69, 9.17) is 0 Å². The Morgan fingerprint density at radius 1 is 1.29 bits per heavy atom. The van der Waals surface area contributed by atoms with Crippen molar-refractivity contribution in [1.29, 1.82) is 0 Å². The highest BCUT2D eigenvalue weighted by atomic mass is 16.2. The third-order valence-electron chi connectivity index (χ3n) is 5.34. The van der Waals surface area contributed by atoms with Gasteiger partial charge in [0.05, 0.1) is 18.3 Å². The number of H-pyrrole nitrogens is 1. The third-order valence-corrected chi connectivity index (χ3v) is 5.34. The molecule has 2 aliphatic rings. The standard InChI is InChI=1S/C17H24N6O/c1-21(2)15-10-22(11-16(15)23-8-7-18-20-23)17(24)14-9-12-5-3-4-6-13(12)19-14/h7-9,15-16,19H,3-6,10-11H2,1-2H3/t15-,16+/m1/s1. The van der Waals surface area contributed by atoms with Gasteiger partial charge in [-0.1, -0.05) is 5.21 Å². The molecule has 7 heteroatoms. The number of amides is 1. The SMILES string of the molecule is CN(C)[C@@H]1CN(C(=O)c2cc3c([nH]2)CCCC3)C[C@@H]1n1ccnn1. The first-order valence-electron chi connectivity index (χ1n) is 8.66. The number of carbonyl (C=O) groups excluding carboxylic acids is 1. The number of hydrogen-bond acceptors (Lipinski definition) is 4. The highest BCUT2D eigenvalue weighted by molar-refractivity contribution is 5.93. The van der Waals surface area contributed by atoms with E-state index in [1.807, 2.05) is 15.8 Å². The van der Waals surface area contributed by atoms with Gasteiger partial charge in [-0.3, -0.25) is 4.79 Å². The number of fused-ring (bicyclic) bond motifs is 1. The van der Waals surface area contributed by atoms with Gasteiger partial charge >= 0.3 is 0 Å². The smallest absolute Gasteiger partial charge is 0.270 e. The van der Waals surface area contributed by atoms with E-state index in [1.165, 1.54) is 24.1 Å². The zero-order valence-electron chi connectivity index (χ0n) is 14.3. The molecule has 128 valence electrons. The molecule has 1 aliphatic heterocycles. The van der Waals surface area contributed by atoms with Gasteiger partial charge < -0.3 is 14.8 Å². The van der Waals surface area contributed by atoms with Crippen molar-refractivity contribution in [2.24, 2.45) is 0 Å². The molecule has 1 saturated heterocycles. The Balaban J connectivity index is 1.56. The quantitative estimate of drug-likeness (QED) is 0.916. The molecule has 1 amide bonds. The molecule has 7 nitrogen and oxygen atoms in total. The molecule has 0 saturated carbocycles. The maximum Gasteiger partial charge on any atom is 0.270 e. The monoisotopic (exact) mass is 328 g/mol. The van der Waals surface area contributed by atoms with E-state index in [-0.39, 0.29) is 18.0 Å². The van der Waals surface area contributed by atoms with Crippen molar-refractivity contribution in [2.75, 3.05) is 27.2 Å². The van der Waals surface area contributed by atoms with E-state index in [1.54, 1.807) is 6.20 Å². The second kappa shape index (κ2) is 6.05. The number of carbonyl (C=O) groups is 1. The minimum Gasteiger partial charge on any atom is -0.354 e. The lowest BCUT2D eigenvalue weighted by Gasteiger charge is -2.24. The summed E-state index contributed by atoms with van der Waals surface area (Å²) in [5.74, 6) is 0.0962. The summed E-state index contributed by atoms with van der Waals surface area (Å²) in [7, 11) is 4.10. The number of likely N-dealkylation sites (tertiary alicyclic amines) is 1. The van der Waals surface area contributed by atoms with Crippen LogP contribution in [0.4, 0.5) is 0 Å². The van der Waals surface area contributed by atoms with Crippen LogP contribution in [0.25, 0.3) is 0 Å². The summed E-state index contributed by atoms with van der Waals surface area (Å²) in [4.78, 5) is 20.4. The van der Waals surface area contributed by atoms with Crippen molar-refractivity contribution in [3.63, 3.8) is 0 Å². The maximum atomic E-state index is 13.0. The molecule has 24 heavy (non-hydrogen) atoms. The number of rotatable bonds is 3. The van der Waals surface area contributed by atoms with E-state index in [2.05, 4.69) is 40.4 Å². The largest absolute Gasteiger partial charge is 0.354 e. The first kappa shape index (κ1) is 15.4. The van der Waals surface area contributed by atoms with Crippen molar-refractivity contribution < 1.29 is 4.79 Å².